The van der Waals surface area contributed by atoms with Crippen LogP contribution < -0.4 is 4.72 Å². The van der Waals surface area contributed by atoms with Gasteiger partial charge in [0.1, 0.15) is 0 Å². The second kappa shape index (κ2) is 15.5. The fourth-order valence-electron chi connectivity index (χ4n) is 7.22. The number of rotatable bonds is 14. The van der Waals surface area contributed by atoms with Crippen molar-refractivity contribution in [3.63, 3.8) is 0 Å². The molecule has 11 heteroatoms. The third-order valence-corrected chi connectivity index (χ3v) is 11.2. The summed E-state index contributed by atoms with van der Waals surface area (Å²) in [5.41, 5.74) is 5.50. The van der Waals surface area contributed by atoms with Crippen LogP contribution in [-0.2, 0) is 22.3 Å². The zero-order valence-electron chi connectivity index (χ0n) is 28.6. The SMILES string of the molecule is Cc1cccc([N+](=O)[O-])c1CS(=O)(=O)NCCn1cc(C(C)C(c2cccc(C(=O)O)c2)C(c2ccccc2)c2ccccc2)c2cc(Cl)ccc21. The van der Waals surface area contributed by atoms with Gasteiger partial charge in [-0.25, -0.2) is 17.9 Å². The highest BCUT2D eigenvalue weighted by Crippen LogP contribution is 2.48. The average Bonchev–Trinajstić information content (AvgIpc) is 3.48. The molecule has 2 N–H and O–H groups in total. The summed E-state index contributed by atoms with van der Waals surface area (Å²) in [7, 11) is -3.92. The Kier molecular flexibility index (Phi) is 10.9. The number of aryl methyl sites for hydroxylation is 1. The van der Waals surface area contributed by atoms with Gasteiger partial charge in [-0.15, -0.1) is 0 Å². The molecule has 0 aliphatic carbocycles. The molecule has 0 aliphatic rings. The number of hydrogen-bond donors (Lipinski definition) is 2. The van der Waals surface area contributed by atoms with Crippen LogP contribution in [0.1, 0.15) is 68.4 Å². The van der Waals surface area contributed by atoms with Gasteiger partial charge in [0.05, 0.1) is 16.2 Å². The molecule has 1 aromatic heterocycles. The molecule has 5 aromatic carbocycles. The van der Waals surface area contributed by atoms with Crippen molar-refractivity contribution < 1.29 is 23.2 Å². The Labute approximate surface area is 307 Å². The topological polar surface area (TPSA) is 132 Å². The lowest BCUT2D eigenvalue weighted by Crippen LogP contribution is -2.29. The summed E-state index contributed by atoms with van der Waals surface area (Å²) in [5.74, 6) is -2.10. The van der Waals surface area contributed by atoms with E-state index in [1.807, 2.05) is 65.4 Å². The number of halogens is 1. The van der Waals surface area contributed by atoms with Crippen LogP contribution in [0.15, 0.2) is 128 Å². The number of hydrogen-bond acceptors (Lipinski definition) is 5. The van der Waals surface area contributed by atoms with E-state index in [1.54, 1.807) is 37.3 Å². The van der Waals surface area contributed by atoms with E-state index in [9.17, 15) is 28.4 Å². The molecular weight excluding hydrogens is 698 g/mol. The number of nitrogens with zero attached hydrogens (tertiary/aromatic N) is 2. The number of nitro benzene ring substituents is 1. The van der Waals surface area contributed by atoms with Crippen molar-refractivity contribution in [1.29, 1.82) is 0 Å². The first-order valence-electron chi connectivity index (χ1n) is 16.8. The number of carbonyl (C=O) groups is 1. The number of fused-ring (bicyclic) bond motifs is 1. The maximum absolute atomic E-state index is 13.2. The first kappa shape index (κ1) is 36.5. The van der Waals surface area contributed by atoms with E-state index in [0.29, 0.717) is 10.6 Å². The van der Waals surface area contributed by atoms with Crippen molar-refractivity contribution in [1.82, 2.24) is 9.29 Å². The molecule has 0 spiro atoms. The van der Waals surface area contributed by atoms with Gasteiger partial charge in [-0.2, -0.15) is 0 Å². The summed E-state index contributed by atoms with van der Waals surface area (Å²) < 4.78 is 31.0. The van der Waals surface area contributed by atoms with Crippen molar-refractivity contribution in [3.8, 4) is 0 Å². The molecule has 1 heterocycles. The second-order valence-corrected chi connectivity index (χ2v) is 15.2. The number of carboxylic acid groups (broad SMARTS) is 1. The van der Waals surface area contributed by atoms with Crippen molar-refractivity contribution >= 4 is 44.2 Å². The molecule has 0 fully saturated rings. The predicted molar refractivity (Wildman–Crippen MR) is 205 cm³/mol. The Balaban J connectivity index is 1.39. The Morgan fingerprint density at radius 3 is 2.15 bits per heavy atom. The molecule has 0 radical (unpaired) electrons. The number of nitro groups is 1. The van der Waals surface area contributed by atoms with E-state index in [1.165, 1.54) is 12.1 Å². The van der Waals surface area contributed by atoms with Crippen molar-refractivity contribution in [3.05, 3.63) is 182 Å². The predicted octanol–water partition coefficient (Wildman–Crippen LogP) is 9.05. The number of carboxylic acids is 1. The smallest absolute Gasteiger partial charge is 0.335 e. The Bertz CT molecular complexity index is 2310. The summed E-state index contributed by atoms with van der Waals surface area (Å²) in [6.45, 7) is 4.11. The molecular formula is C41H38ClN3O6S. The molecule has 52 heavy (non-hydrogen) atoms. The van der Waals surface area contributed by atoms with Crippen LogP contribution in [0, 0.1) is 17.0 Å². The van der Waals surface area contributed by atoms with Gasteiger partial charge in [-0.3, -0.25) is 10.1 Å². The van der Waals surface area contributed by atoms with Crippen LogP contribution in [0.4, 0.5) is 5.69 Å². The molecule has 6 rings (SSSR count). The van der Waals surface area contributed by atoms with Gasteiger partial charge < -0.3 is 9.67 Å². The fraction of sp³-hybridized carbons (Fsp3) is 0.195. The van der Waals surface area contributed by atoms with Crippen molar-refractivity contribution in [2.24, 2.45) is 0 Å². The number of aromatic carboxylic acids is 1. The normalized spacial score (nSPS) is 12.9. The summed E-state index contributed by atoms with van der Waals surface area (Å²) in [6.07, 6.45) is 2.02. The zero-order chi connectivity index (χ0) is 37.0. The van der Waals surface area contributed by atoms with E-state index in [0.717, 1.165) is 33.2 Å². The lowest BCUT2D eigenvalue weighted by molar-refractivity contribution is -0.385. The van der Waals surface area contributed by atoms with Crippen LogP contribution in [0.3, 0.4) is 0 Å². The summed E-state index contributed by atoms with van der Waals surface area (Å²) in [4.78, 5) is 23.2. The van der Waals surface area contributed by atoms with Crippen LogP contribution in [-0.4, -0.2) is 35.5 Å². The van der Waals surface area contributed by atoms with Gasteiger partial charge in [0.15, 0.2) is 0 Å². The highest BCUT2D eigenvalue weighted by atomic mass is 35.5. The summed E-state index contributed by atoms with van der Waals surface area (Å²) in [5, 5.41) is 23.0. The van der Waals surface area contributed by atoms with E-state index >= 15 is 0 Å². The number of benzene rings is 5. The van der Waals surface area contributed by atoms with E-state index in [2.05, 4.69) is 35.9 Å². The Hall–Kier alpha value is -5.29. The molecule has 0 bridgehead atoms. The number of nitrogens with one attached hydrogen (secondary N) is 1. The van der Waals surface area contributed by atoms with Crippen LogP contribution in [0.25, 0.3) is 10.9 Å². The van der Waals surface area contributed by atoms with Gasteiger partial charge in [0.25, 0.3) is 5.69 Å². The molecule has 2 unspecified atom stereocenters. The van der Waals surface area contributed by atoms with Crippen LogP contribution >= 0.6 is 11.6 Å². The van der Waals surface area contributed by atoms with Crippen molar-refractivity contribution in [2.45, 2.75) is 43.9 Å². The molecule has 0 saturated heterocycles. The minimum Gasteiger partial charge on any atom is -0.478 e. The molecule has 0 saturated carbocycles. The molecule has 9 nitrogen and oxygen atoms in total. The summed E-state index contributed by atoms with van der Waals surface area (Å²) >= 11 is 6.59. The number of sulfonamides is 1. The van der Waals surface area contributed by atoms with E-state index < -0.39 is 26.7 Å². The Morgan fingerprint density at radius 1 is 0.885 bits per heavy atom. The monoisotopic (exact) mass is 735 g/mol. The molecule has 0 aliphatic heterocycles. The zero-order valence-corrected chi connectivity index (χ0v) is 30.2. The molecule has 2 atom stereocenters. The van der Waals surface area contributed by atoms with Gasteiger partial charge in [-0.1, -0.05) is 103 Å². The number of aromatic nitrogens is 1. The minimum atomic E-state index is -3.92. The Morgan fingerprint density at radius 2 is 1.52 bits per heavy atom. The minimum absolute atomic E-state index is 0.0446. The fourth-order valence-corrected chi connectivity index (χ4v) is 8.66. The highest BCUT2D eigenvalue weighted by Gasteiger charge is 2.34. The first-order valence-corrected chi connectivity index (χ1v) is 18.9. The molecule has 0 amide bonds. The maximum atomic E-state index is 13.2. The molecule has 266 valence electrons. The largest absolute Gasteiger partial charge is 0.478 e. The lowest BCUT2D eigenvalue weighted by atomic mass is 9.69. The molecule has 6 aromatic rings. The second-order valence-electron chi connectivity index (χ2n) is 13.0. The quantitative estimate of drug-likeness (QED) is 0.0848. The van der Waals surface area contributed by atoms with Crippen LogP contribution in [0.5, 0.6) is 0 Å². The van der Waals surface area contributed by atoms with E-state index in [4.69, 9.17) is 11.6 Å². The van der Waals surface area contributed by atoms with Crippen LogP contribution in [0.2, 0.25) is 5.02 Å². The van der Waals surface area contributed by atoms with Crippen molar-refractivity contribution in [2.75, 3.05) is 6.54 Å². The van der Waals surface area contributed by atoms with Gasteiger partial charge >= 0.3 is 5.97 Å². The standard InChI is InChI=1S/C41H38ClN3O6S/c1-27-11-9-18-38(45(48)49)36(27)26-52(50,51)43-21-22-44-25-35(34-24-33(42)19-20-37(34)44)28(2)39(31-16-10-17-32(23-31)41(46)47)40(29-12-5-3-6-13-29)30-14-7-4-8-15-30/h3-20,23-25,28,39-40,43H,21-22,26H2,1-2H3,(H,46,47). The van der Waals surface area contributed by atoms with Gasteiger partial charge in [-0.05, 0) is 71.0 Å². The first-order chi connectivity index (χ1) is 24.9. The lowest BCUT2D eigenvalue weighted by Gasteiger charge is -2.34. The highest BCUT2D eigenvalue weighted by molar-refractivity contribution is 7.88. The van der Waals surface area contributed by atoms with E-state index in [-0.39, 0.29) is 47.7 Å². The van der Waals surface area contributed by atoms with Gasteiger partial charge in [0.2, 0.25) is 10.0 Å². The third kappa shape index (κ3) is 7.94. The maximum Gasteiger partial charge on any atom is 0.335 e. The summed E-state index contributed by atoms with van der Waals surface area (Å²) in [6, 6.07) is 37.6. The third-order valence-electron chi connectivity index (χ3n) is 9.69. The average molecular weight is 736 g/mol. The van der Waals surface area contributed by atoms with Gasteiger partial charge in [0, 0.05) is 58.7 Å².